The largest absolute Gasteiger partial charge is 0.466 e. The first-order valence-corrected chi connectivity index (χ1v) is 10.1. The molecule has 0 spiro atoms. The first-order chi connectivity index (χ1) is 13.8. The van der Waals surface area contributed by atoms with Crippen LogP contribution >= 0.6 is 0 Å². The lowest BCUT2D eigenvalue weighted by Crippen LogP contribution is -2.41. The lowest BCUT2D eigenvalue weighted by molar-refractivity contribution is 0.0845. The number of amides is 2. The molecular weight excluding hydrogens is 394 g/mol. The molecule has 8 nitrogen and oxygen atoms in total. The number of hydrazine groups is 1. The molecule has 0 fully saturated rings. The van der Waals surface area contributed by atoms with Crippen LogP contribution in [0.4, 0.5) is 5.69 Å². The predicted molar refractivity (Wildman–Crippen MR) is 107 cm³/mol. The highest BCUT2D eigenvalue weighted by Crippen LogP contribution is 2.16. The van der Waals surface area contributed by atoms with Gasteiger partial charge >= 0.3 is 0 Å². The normalized spacial score (nSPS) is 11.0. The van der Waals surface area contributed by atoms with Crippen LogP contribution in [0.3, 0.4) is 0 Å². The van der Waals surface area contributed by atoms with Crippen molar-refractivity contribution in [3.8, 4) is 0 Å². The molecule has 0 saturated carbocycles. The summed E-state index contributed by atoms with van der Waals surface area (Å²) < 4.78 is 32.4. The summed E-state index contributed by atoms with van der Waals surface area (Å²) in [5.41, 5.74) is 5.50. The fourth-order valence-electron chi connectivity index (χ4n) is 2.61. The van der Waals surface area contributed by atoms with E-state index in [9.17, 15) is 18.0 Å². The zero-order chi connectivity index (χ0) is 21.0. The average Bonchev–Trinajstić information content (AvgIpc) is 3.05. The standard InChI is InChI=1S/C20H19N3O5S/c1-13-12-18(14(2)28-13)20(25)22-21-19(24)15-8-10-16(11-9-15)23-29(26,27)17-6-4-3-5-7-17/h3-12,23H,1-2H3,(H,21,24)(H,22,25). The lowest BCUT2D eigenvalue weighted by Gasteiger charge is -2.09. The van der Waals surface area contributed by atoms with Gasteiger partial charge in [-0.15, -0.1) is 0 Å². The van der Waals surface area contributed by atoms with Crippen LogP contribution in [-0.2, 0) is 10.0 Å². The zero-order valence-corrected chi connectivity index (χ0v) is 16.5. The van der Waals surface area contributed by atoms with Crippen molar-refractivity contribution in [3.05, 3.63) is 83.3 Å². The van der Waals surface area contributed by atoms with E-state index >= 15 is 0 Å². The number of furan rings is 1. The third-order valence-corrected chi connectivity index (χ3v) is 5.43. The summed E-state index contributed by atoms with van der Waals surface area (Å²) in [6, 6.07) is 15.3. The van der Waals surface area contributed by atoms with Crippen molar-refractivity contribution in [2.75, 3.05) is 4.72 Å². The minimum atomic E-state index is -3.72. The second-order valence-corrected chi connectivity index (χ2v) is 7.91. The molecule has 3 rings (SSSR count). The molecule has 29 heavy (non-hydrogen) atoms. The van der Waals surface area contributed by atoms with Gasteiger partial charge in [-0.25, -0.2) is 8.42 Å². The third-order valence-electron chi connectivity index (χ3n) is 4.03. The zero-order valence-electron chi connectivity index (χ0n) is 15.7. The fraction of sp³-hybridized carbons (Fsp3) is 0.100. The molecule has 0 atom stereocenters. The second kappa shape index (κ2) is 8.19. The number of hydrogen-bond acceptors (Lipinski definition) is 5. The van der Waals surface area contributed by atoms with E-state index in [1.54, 1.807) is 38.1 Å². The highest BCUT2D eigenvalue weighted by molar-refractivity contribution is 7.92. The number of sulfonamides is 1. The molecule has 2 amide bonds. The van der Waals surface area contributed by atoms with E-state index in [2.05, 4.69) is 15.6 Å². The minimum absolute atomic E-state index is 0.134. The Morgan fingerprint density at radius 1 is 0.862 bits per heavy atom. The maximum absolute atomic E-state index is 12.3. The van der Waals surface area contributed by atoms with Crippen molar-refractivity contribution in [1.82, 2.24) is 10.9 Å². The van der Waals surface area contributed by atoms with Crippen LogP contribution in [0.1, 0.15) is 32.2 Å². The van der Waals surface area contributed by atoms with Gasteiger partial charge in [0.15, 0.2) is 0 Å². The number of carbonyl (C=O) groups is 2. The van der Waals surface area contributed by atoms with E-state index in [-0.39, 0.29) is 10.5 Å². The Labute approximate surface area is 168 Å². The molecule has 0 aliphatic carbocycles. The Balaban J connectivity index is 1.61. The minimum Gasteiger partial charge on any atom is -0.466 e. The first kappa shape index (κ1) is 20.2. The molecule has 1 aromatic heterocycles. The summed E-state index contributed by atoms with van der Waals surface area (Å²) in [5.74, 6) is -0.00884. The van der Waals surface area contributed by atoms with Gasteiger partial charge in [0, 0.05) is 11.3 Å². The summed E-state index contributed by atoms with van der Waals surface area (Å²) in [5, 5.41) is 0. The maximum atomic E-state index is 12.3. The molecule has 0 aliphatic rings. The smallest absolute Gasteiger partial charge is 0.273 e. The fourth-order valence-corrected chi connectivity index (χ4v) is 3.69. The molecule has 1 heterocycles. The van der Waals surface area contributed by atoms with Crippen LogP contribution in [-0.4, -0.2) is 20.2 Å². The number of anilines is 1. The van der Waals surface area contributed by atoms with Gasteiger partial charge < -0.3 is 4.42 Å². The number of carbonyl (C=O) groups excluding carboxylic acids is 2. The number of benzene rings is 2. The van der Waals surface area contributed by atoms with E-state index in [0.29, 0.717) is 22.8 Å². The molecule has 150 valence electrons. The van der Waals surface area contributed by atoms with Crippen LogP contribution in [0.15, 0.2) is 70.0 Å². The van der Waals surface area contributed by atoms with Crippen molar-refractivity contribution in [1.29, 1.82) is 0 Å². The molecule has 0 bridgehead atoms. The molecule has 0 radical (unpaired) electrons. The van der Waals surface area contributed by atoms with Crippen LogP contribution in [0.2, 0.25) is 0 Å². The van der Waals surface area contributed by atoms with Gasteiger partial charge in [0.25, 0.3) is 21.8 Å². The summed E-state index contributed by atoms with van der Waals surface area (Å²) in [6.45, 7) is 3.37. The summed E-state index contributed by atoms with van der Waals surface area (Å²) in [4.78, 5) is 24.4. The van der Waals surface area contributed by atoms with Crippen molar-refractivity contribution in [2.45, 2.75) is 18.7 Å². The van der Waals surface area contributed by atoms with Gasteiger partial charge in [0.05, 0.1) is 10.5 Å². The number of rotatable bonds is 5. The molecule has 3 N–H and O–H groups in total. The summed E-state index contributed by atoms with van der Waals surface area (Å²) in [7, 11) is -3.72. The molecule has 2 aromatic carbocycles. The van der Waals surface area contributed by atoms with E-state index in [0.717, 1.165) is 0 Å². The monoisotopic (exact) mass is 413 g/mol. The van der Waals surface area contributed by atoms with Gasteiger partial charge in [0.1, 0.15) is 11.5 Å². The van der Waals surface area contributed by atoms with Crippen molar-refractivity contribution >= 4 is 27.5 Å². The Hall–Kier alpha value is -3.59. The van der Waals surface area contributed by atoms with Crippen LogP contribution < -0.4 is 15.6 Å². The Kier molecular flexibility index (Phi) is 5.69. The van der Waals surface area contributed by atoms with Gasteiger partial charge in [-0.3, -0.25) is 25.2 Å². The molecule has 3 aromatic rings. The molecule has 0 aliphatic heterocycles. The van der Waals surface area contributed by atoms with Crippen LogP contribution in [0, 0.1) is 13.8 Å². The van der Waals surface area contributed by atoms with Gasteiger partial charge in [-0.2, -0.15) is 0 Å². The number of aryl methyl sites for hydroxylation is 2. The molecular formula is C20H19N3O5S. The Morgan fingerprint density at radius 3 is 2.07 bits per heavy atom. The summed E-state index contributed by atoms with van der Waals surface area (Å²) >= 11 is 0. The highest BCUT2D eigenvalue weighted by atomic mass is 32.2. The lowest BCUT2D eigenvalue weighted by atomic mass is 10.2. The van der Waals surface area contributed by atoms with Gasteiger partial charge in [-0.05, 0) is 56.3 Å². The Morgan fingerprint density at radius 2 is 1.48 bits per heavy atom. The average molecular weight is 413 g/mol. The van der Waals surface area contributed by atoms with E-state index < -0.39 is 21.8 Å². The van der Waals surface area contributed by atoms with Gasteiger partial charge in [-0.1, -0.05) is 18.2 Å². The SMILES string of the molecule is Cc1cc(C(=O)NNC(=O)c2ccc(NS(=O)(=O)c3ccccc3)cc2)c(C)o1. The third kappa shape index (κ3) is 4.82. The second-order valence-electron chi connectivity index (χ2n) is 6.23. The molecule has 9 heteroatoms. The number of hydrogen-bond donors (Lipinski definition) is 3. The Bertz CT molecular complexity index is 1140. The quantitative estimate of drug-likeness (QED) is 0.556. The number of nitrogens with one attached hydrogen (secondary N) is 3. The highest BCUT2D eigenvalue weighted by Gasteiger charge is 2.16. The van der Waals surface area contributed by atoms with Crippen LogP contribution in [0.25, 0.3) is 0 Å². The van der Waals surface area contributed by atoms with E-state index in [1.807, 2.05) is 0 Å². The van der Waals surface area contributed by atoms with E-state index in [4.69, 9.17) is 4.42 Å². The van der Waals surface area contributed by atoms with E-state index in [1.165, 1.54) is 36.4 Å². The van der Waals surface area contributed by atoms with Gasteiger partial charge in [0.2, 0.25) is 0 Å². The first-order valence-electron chi connectivity index (χ1n) is 8.62. The molecule has 0 unspecified atom stereocenters. The van der Waals surface area contributed by atoms with Crippen LogP contribution in [0.5, 0.6) is 0 Å². The molecule has 0 saturated heterocycles. The summed E-state index contributed by atoms with van der Waals surface area (Å²) in [6.07, 6.45) is 0. The van der Waals surface area contributed by atoms with Crippen molar-refractivity contribution in [2.24, 2.45) is 0 Å². The predicted octanol–water partition coefficient (Wildman–Crippen LogP) is 2.77. The van der Waals surface area contributed by atoms with Crippen molar-refractivity contribution in [3.63, 3.8) is 0 Å². The van der Waals surface area contributed by atoms with Crippen molar-refractivity contribution < 1.29 is 22.4 Å². The topological polar surface area (TPSA) is 118 Å². The maximum Gasteiger partial charge on any atom is 0.273 e.